The third-order valence-corrected chi connectivity index (χ3v) is 2.37. The van der Waals surface area contributed by atoms with Crippen molar-refractivity contribution in [2.24, 2.45) is 0 Å². The molecule has 0 saturated heterocycles. The maximum Gasteiger partial charge on any atom is 0.192 e. The lowest BCUT2D eigenvalue weighted by Gasteiger charge is -1.92. The summed E-state index contributed by atoms with van der Waals surface area (Å²) in [7, 11) is 0. The summed E-state index contributed by atoms with van der Waals surface area (Å²) < 4.78 is 0.0223. The number of allylic oxidation sites excluding steroid dienone is 1. The Kier molecular flexibility index (Phi) is 5.25. The smallest absolute Gasteiger partial charge is 0.192 e. The third-order valence-electron chi connectivity index (χ3n) is 1.83. The molecule has 0 N–H and O–H groups in total. The fourth-order valence-corrected chi connectivity index (χ4v) is 1.33. The first-order valence-electron chi connectivity index (χ1n) is 4.63. The quantitative estimate of drug-likeness (QED) is 0.476. The van der Waals surface area contributed by atoms with Crippen molar-refractivity contribution in [1.29, 1.82) is 0 Å². The molecule has 1 rings (SSSR count). The second kappa shape index (κ2) is 6.50. The normalized spacial score (nSPS) is 10.5. The van der Waals surface area contributed by atoms with Gasteiger partial charge in [0, 0.05) is 12.8 Å². The highest BCUT2D eigenvalue weighted by Crippen LogP contribution is 2.03. The Morgan fingerprint density at radius 2 is 1.80 bits per heavy atom. The number of carbonyl (C=O) groups is 2. The summed E-state index contributed by atoms with van der Waals surface area (Å²) >= 11 is 1.70. The average Bonchev–Trinajstić information content (AvgIpc) is 2.25. The molecule has 0 amide bonds. The van der Waals surface area contributed by atoms with Gasteiger partial charge in [0.1, 0.15) is 0 Å². The highest BCUT2D eigenvalue weighted by molar-refractivity contribution is 14.1. The minimum atomic E-state index is -0.0103. The molecule has 15 heavy (non-hydrogen) atoms. The number of benzene rings is 1. The van der Waals surface area contributed by atoms with Crippen LogP contribution in [0.4, 0.5) is 0 Å². The third kappa shape index (κ3) is 5.47. The van der Waals surface area contributed by atoms with Crippen LogP contribution in [0.1, 0.15) is 18.4 Å². The largest absolute Gasteiger partial charge is 0.295 e. The maximum atomic E-state index is 11.3. The lowest BCUT2D eigenvalue weighted by atomic mass is 10.1. The lowest BCUT2D eigenvalue weighted by molar-refractivity contribution is -0.117. The van der Waals surface area contributed by atoms with E-state index in [1.807, 2.05) is 30.3 Å². The number of ketones is 1. The summed E-state index contributed by atoms with van der Waals surface area (Å²) in [5, 5.41) is 0. The zero-order valence-corrected chi connectivity index (χ0v) is 10.3. The van der Waals surface area contributed by atoms with Gasteiger partial charge in [0.25, 0.3) is 0 Å². The molecule has 0 radical (unpaired) electrons. The van der Waals surface area contributed by atoms with Crippen molar-refractivity contribution in [2.75, 3.05) is 0 Å². The van der Waals surface area contributed by atoms with E-state index < -0.39 is 0 Å². The molecule has 2 nitrogen and oxygen atoms in total. The van der Waals surface area contributed by atoms with Gasteiger partial charge in [-0.05, 0) is 34.2 Å². The van der Waals surface area contributed by atoms with Crippen molar-refractivity contribution in [2.45, 2.75) is 12.8 Å². The molecule has 0 fully saturated rings. The van der Waals surface area contributed by atoms with Crippen LogP contribution in [0.15, 0.2) is 36.4 Å². The van der Waals surface area contributed by atoms with Gasteiger partial charge in [-0.2, -0.15) is 0 Å². The molecule has 0 unspecified atom stereocenters. The minimum Gasteiger partial charge on any atom is -0.295 e. The SMILES string of the molecule is O=C(I)CCC(=O)/C=C/c1ccccc1. The molecule has 0 aliphatic rings. The monoisotopic (exact) mass is 314 g/mol. The van der Waals surface area contributed by atoms with Gasteiger partial charge in [0.2, 0.25) is 0 Å². The predicted molar refractivity (Wildman–Crippen MR) is 68.7 cm³/mol. The van der Waals surface area contributed by atoms with E-state index in [0.29, 0.717) is 12.8 Å². The van der Waals surface area contributed by atoms with Gasteiger partial charge in [-0.25, -0.2) is 0 Å². The molecule has 0 spiro atoms. The van der Waals surface area contributed by atoms with Crippen molar-refractivity contribution < 1.29 is 9.59 Å². The molecular weight excluding hydrogens is 303 g/mol. The van der Waals surface area contributed by atoms with Crippen LogP contribution in [0, 0.1) is 0 Å². The molecule has 0 aromatic heterocycles. The Morgan fingerprint density at radius 1 is 1.13 bits per heavy atom. The number of halogens is 1. The van der Waals surface area contributed by atoms with Gasteiger partial charge < -0.3 is 0 Å². The van der Waals surface area contributed by atoms with Crippen LogP contribution in [0.5, 0.6) is 0 Å². The first-order chi connectivity index (χ1) is 7.18. The summed E-state index contributed by atoms with van der Waals surface area (Å²) in [6, 6.07) is 9.60. The zero-order valence-electron chi connectivity index (χ0n) is 8.15. The standard InChI is InChI=1S/C12H11IO2/c13-12(15)9-8-11(14)7-6-10-4-2-1-3-5-10/h1-7H,8-9H2/b7-6+. The number of carbonyl (C=O) groups excluding carboxylic acids is 2. The maximum absolute atomic E-state index is 11.3. The Morgan fingerprint density at radius 3 is 2.40 bits per heavy atom. The fourth-order valence-electron chi connectivity index (χ4n) is 1.06. The van der Waals surface area contributed by atoms with E-state index in [1.165, 1.54) is 6.08 Å². The molecule has 1 aromatic rings. The van der Waals surface area contributed by atoms with Gasteiger partial charge in [0.15, 0.2) is 9.57 Å². The number of rotatable bonds is 5. The van der Waals surface area contributed by atoms with Crippen molar-refractivity contribution in [3.05, 3.63) is 42.0 Å². The number of hydrogen-bond donors (Lipinski definition) is 0. The Bertz CT molecular complexity index is 368. The van der Waals surface area contributed by atoms with Crippen LogP contribution in [-0.4, -0.2) is 9.57 Å². The molecule has 3 heteroatoms. The number of hydrogen-bond acceptors (Lipinski definition) is 2. The van der Waals surface area contributed by atoms with Gasteiger partial charge in [-0.1, -0.05) is 36.4 Å². The molecule has 0 saturated carbocycles. The first kappa shape index (κ1) is 12.1. The van der Waals surface area contributed by atoms with Crippen LogP contribution in [-0.2, 0) is 9.59 Å². The Labute approximate surface area is 103 Å². The van der Waals surface area contributed by atoms with Crippen LogP contribution < -0.4 is 0 Å². The summed E-state index contributed by atoms with van der Waals surface area (Å²) in [6.07, 6.45) is 3.90. The molecule has 0 aliphatic heterocycles. The lowest BCUT2D eigenvalue weighted by Crippen LogP contribution is -1.95. The highest BCUT2D eigenvalue weighted by Gasteiger charge is 2.00. The van der Waals surface area contributed by atoms with Gasteiger partial charge >= 0.3 is 0 Å². The van der Waals surface area contributed by atoms with Crippen LogP contribution >= 0.6 is 22.6 Å². The summed E-state index contributed by atoms with van der Waals surface area (Å²) in [5.41, 5.74) is 0.992. The van der Waals surface area contributed by atoms with E-state index in [1.54, 1.807) is 28.7 Å². The molecule has 0 bridgehead atoms. The van der Waals surface area contributed by atoms with Gasteiger partial charge in [-0.3, -0.25) is 9.59 Å². The topological polar surface area (TPSA) is 34.1 Å². The second-order valence-corrected chi connectivity index (χ2v) is 4.27. The van der Waals surface area contributed by atoms with Crippen LogP contribution in [0.2, 0.25) is 0 Å². The predicted octanol–water partition coefficient (Wildman–Crippen LogP) is 3.01. The minimum absolute atomic E-state index is 0.0103. The Balaban J connectivity index is 2.44. The van der Waals surface area contributed by atoms with Crippen molar-refractivity contribution in [3.63, 3.8) is 0 Å². The fraction of sp³-hybridized carbons (Fsp3) is 0.167. The van der Waals surface area contributed by atoms with Gasteiger partial charge in [0.05, 0.1) is 0 Å². The van der Waals surface area contributed by atoms with E-state index in [4.69, 9.17) is 0 Å². The van der Waals surface area contributed by atoms with Crippen molar-refractivity contribution >= 4 is 38.2 Å². The highest BCUT2D eigenvalue weighted by atomic mass is 127. The molecule has 1 aromatic carbocycles. The zero-order chi connectivity index (χ0) is 11.1. The molecule has 0 aliphatic carbocycles. The molecular formula is C12H11IO2. The average molecular weight is 314 g/mol. The van der Waals surface area contributed by atoms with E-state index >= 15 is 0 Å². The van der Waals surface area contributed by atoms with Crippen LogP contribution in [0.3, 0.4) is 0 Å². The molecule has 0 atom stereocenters. The van der Waals surface area contributed by atoms with E-state index in [2.05, 4.69) is 0 Å². The van der Waals surface area contributed by atoms with E-state index in [-0.39, 0.29) is 9.57 Å². The second-order valence-electron chi connectivity index (χ2n) is 3.07. The Hall–Kier alpha value is -0.970. The first-order valence-corrected chi connectivity index (χ1v) is 5.70. The van der Waals surface area contributed by atoms with Gasteiger partial charge in [-0.15, -0.1) is 0 Å². The van der Waals surface area contributed by atoms with Crippen LogP contribution in [0.25, 0.3) is 6.08 Å². The van der Waals surface area contributed by atoms with E-state index in [0.717, 1.165) is 5.56 Å². The summed E-state index contributed by atoms with van der Waals surface area (Å²) in [5.74, 6) is -0.0103. The summed E-state index contributed by atoms with van der Waals surface area (Å²) in [4.78, 5) is 21.9. The van der Waals surface area contributed by atoms with Crippen molar-refractivity contribution in [3.8, 4) is 0 Å². The molecule has 78 valence electrons. The van der Waals surface area contributed by atoms with Crippen molar-refractivity contribution in [1.82, 2.24) is 0 Å². The van der Waals surface area contributed by atoms with E-state index in [9.17, 15) is 9.59 Å². The summed E-state index contributed by atoms with van der Waals surface area (Å²) in [6.45, 7) is 0. The molecule has 0 heterocycles.